The van der Waals surface area contributed by atoms with Gasteiger partial charge in [0.05, 0.1) is 27.2 Å². The van der Waals surface area contributed by atoms with Crippen LogP contribution in [0.2, 0.25) is 0 Å². The van der Waals surface area contributed by atoms with Gasteiger partial charge in [0.1, 0.15) is 5.82 Å². The molecule has 0 aliphatic carbocycles. The number of carbonyl (C=O) groups excluding carboxylic acids is 1. The quantitative estimate of drug-likeness (QED) is 0.893. The van der Waals surface area contributed by atoms with E-state index in [2.05, 4.69) is 4.98 Å². The zero-order chi connectivity index (χ0) is 18.2. The average Bonchev–Trinajstić information content (AvgIpc) is 2.83. The van der Waals surface area contributed by atoms with Gasteiger partial charge in [-0.05, 0) is 39.0 Å². The van der Waals surface area contributed by atoms with Gasteiger partial charge in [-0.2, -0.15) is 0 Å². The SMILES string of the molecule is Cc1nc(C(C)N(C)C(=O)c2cc(S(N)(=O)=O)ccc2F)c(C)s1. The fourth-order valence-electron chi connectivity index (χ4n) is 2.33. The van der Waals surface area contributed by atoms with Crippen molar-refractivity contribution in [2.75, 3.05) is 7.05 Å². The van der Waals surface area contributed by atoms with Crippen LogP contribution in [0.5, 0.6) is 0 Å². The number of nitrogens with zero attached hydrogens (tertiary/aromatic N) is 2. The molecule has 1 aromatic heterocycles. The fourth-order valence-corrected chi connectivity index (χ4v) is 3.77. The van der Waals surface area contributed by atoms with Crippen molar-refractivity contribution in [2.24, 2.45) is 5.14 Å². The minimum Gasteiger partial charge on any atom is -0.333 e. The summed E-state index contributed by atoms with van der Waals surface area (Å²) in [6, 6.07) is 2.51. The Morgan fingerprint density at radius 2 is 2.00 bits per heavy atom. The van der Waals surface area contributed by atoms with Gasteiger partial charge >= 0.3 is 0 Å². The van der Waals surface area contributed by atoms with Crippen molar-refractivity contribution in [3.05, 3.63) is 45.2 Å². The van der Waals surface area contributed by atoms with Gasteiger partial charge in [-0.1, -0.05) is 0 Å². The van der Waals surface area contributed by atoms with Crippen LogP contribution in [0.25, 0.3) is 0 Å². The standard InChI is InChI=1S/C15H18FN3O3S2/c1-8(14-9(2)23-10(3)18-14)19(4)15(20)12-7-11(24(17,21)22)5-6-13(12)16/h5-8H,1-4H3,(H2,17,21,22). The molecule has 24 heavy (non-hydrogen) atoms. The summed E-state index contributed by atoms with van der Waals surface area (Å²) in [5, 5.41) is 5.91. The zero-order valence-electron chi connectivity index (χ0n) is 13.7. The zero-order valence-corrected chi connectivity index (χ0v) is 15.3. The Kier molecular flexibility index (Phi) is 5.07. The summed E-state index contributed by atoms with van der Waals surface area (Å²) in [5.41, 5.74) is 0.386. The maximum Gasteiger partial charge on any atom is 0.257 e. The largest absolute Gasteiger partial charge is 0.333 e. The summed E-state index contributed by atoms with van der Waals surface area (Å²) in [7, 11) is -2.51. The lowest BCUT2D eigenvalue weighted by Gasteiger charge is -2.24. The van der Waals surface area contributed by atoms with E-state index in [0.29, 0.717) is 0 Å². The third-order valence-corrected chi connectivity index (χ3v) is 5.55. The number of hydrogen-bond acceptors (Lipinski definition) is 5. The summed E-state index contributed by atoms with van der Waals surface area (Å²) in [5.74, 6) is -1.45. The van der Waals surface area contributed by atoms with Crippen LogP contribution >= 0.6 is 11.3 Å². The van der Waals surface area contributed by atoms with E-state index in [4.69, 9.17) is 5.14 Å². The summed E-state index contributed by atoms with van der Waals surface area (Å²) >= 11 is 1.51. The van der Waals surface area contributed by atoms with E-state index in [1.54, 1.807) is 6.92 Å². The predicted molar refractivity (Wildman–Crippen MR) is 89.9 cm³/mol. The number of aromatic nitrogens is 1. The first-order chi connectivity index (χ1) is 11.0. The Balaban J connectivity index is 2.39. The molecular weight excluding hydrogens is 353 g/mol. The van der Waals surface area contributed by atoms with Gasteiger partial charge in [-0.3, -0.25) is 4.79 Å². The predicted octanol–water partition coefficient (Wildman–Crippen LogP) is 2.38. The van der Waals surface area contributed by atoms with E-state index in [9.17, 15) is 17.6 Å². The first kappa shape index (κ1) is 18.5. The van der Waals surface area contributed by atoms with E-state index in [1.165, 1.54) is 23.3 Å². The molecule has 0 radical (unpaired) electrons. The maximum atomic E-state index is 14.0. The van der Waals surface area contributed by atoms with Crippen LogP contribution in [0.4, 0.5) is 4.39 Å². The smallest absolute Gasteiger partial charge is 0.257 e. The Bertz CT molecular complexity index is 893. The molecule has 0 saturated heterocycles. The molecule has 9 heteroatoms. The van der Waals surface area contributed by atoms with Crippen LogP contribution in [-0.2, 0) is 10.0 Å². The van der Waals surface area contributed by atoms with Gasteiger partial charge in [0.25, 0.3) is 5.91 Å². The molecule has 0 saturated carbocycles. The molecule has 2 rings (SSSR count). The lowest BCUT2D eigenvalue weighted by atomic mass is 10.1. The summed E-state index contributed by atoms with van der Waals surface area (Å²) < 4.78 is 36.8. The van der Waals surface area contributed by atoms with Gasteiger partial charge in [-0.25, -0.2) is 22.9 Å². The number of aryl methyl sites for hydroxylation is 2. The third-order valence-electron chi connectivity index (χ3n) is 3.73. The van der Waals surface area contributed by atoms with Crippen molar-refractivity contribution in [3.8, 4) is 0 Å². The topological polar surface area (TPSA) is 93.4 Å². The van der Waals surface area contributed by atoms with Gasteiger partial charge in [-0.15, -0.1) is 11.3 Å². The van der Waals surface area contributed by atoms with E-state index >= 15 is 0 Å². The summed E-state index contributed by atoms with van der Waals surface area (Å²) in [6.45, 7) is 5.54. The van der Waals surface area contributed by atoms with Crippen LogP contribution in [-0.4, -0.2) is 31.3 Å². The molecule has 0 bridgehead atoms. The minimum absolute atomic E-state index is 0.311. The molecule has 1 amide bonds. The van der Waals surface area contributed by atoms with E-state index in [-0.39, 0.29) is 16.5 Å². The second-order valence-corrected chi connectivity index (χ2v) is 8.42. The summed E-state index contributed by atoms with van der Waals surface area (Å²) in [4.78, 5) is 19.0. The molecule has 0 aliphatic rings. The van der Waals surface area contributed by atoms with Crippen LogP contribution in [0.15, 0.2) is 23.1 Å². The van der Waals surface area contributed by atoms with E-state index < -0.39 is 21.7 Å². The van der Waals surface area contributed by atoms with Gasteiger partial charge in [0.2, 0.25) is 10.0 Å². The molecule has 130 valence electrons. The first-order valence-electron chi connectivity index (χ1n) is 7.05. The number of primary sulfonamides is 1. The number of amides is 1. The average molecular weight is 371 g/mol. The summed E-state index contributed by atoms with van der Waals surface area (Å²) in [6.07, 6.45) is 0. The van der Waals surface area contributed by atoms with Crippen molar-refractivity contribution in [1.29, 1.82) is 0 Å². The molecule has 0 fully saturated rings. The van der Waals surface area contributed by atoms with Crippen LogP contribution in [0.3, 0.4) is 0 Å². The molecular formula is C15H18FN3O3S2. The molecule has 1 atom stereocenters. The van der Waals surface area contributed by atoms with Gasteiger partial charge in [0, 0.05) is 11.9 Å². The highest BCUT2D eigenvalue weighted by Gasteiger charge is 2.25. The number of nitrogens with two attached hydrogens (primary N) is 1. The molecule has 6 nitrogen and oxygen atoms in total. The Labute approximate surface area is 144 Å². The lowest BCUT2D eigenvalue weighted by Crippen LogP contribution is -2.31. The number of benzene rings is 1. The second kappa shape index (κ2) is 6.58. The van der Waals surface area contributed by atoms with Gasteiger partial charge in [0.15, 0.2) is 0 Å². The Morgan fingerprint density at radius 1 is 1.38 bits per heavy atom. The van der Waals surface area contributed by atoms with Crippen LogP contribution in [0, 0.1) is 19.7 Å². The van der Waals surface area contributed by atoms with E-state index in [0.717, 1.165) is 33.8 Å². The molecule has 2 N–H and O–H groups in total. The highest BCUT2D eigenvalue weighted by molar-refractivity contribution is 7.89. The molecule has 1 unspecified atom stereocenters. The van der Waals surface area contributed by atoms with Crippen molar-refractivity contribution >= 4 is 27.3 Å². The van der Waals surface area contributed by atoms with Crippen molar-refractivity contribution in [2.45, 2.75) is 31.7 Å². The molecule has 2 aromatic rings. The number of rotatable bonds is 4. The van der Waals surface area contributed by atoms with Gasteiger partial charge < -0.3 is 4.90 Å². The normalized spacial score (nSPS) is 12.9. The minimum atomic E-state index is -4.03. The maximum absolute atomic E-state index is 14.0. The number of thiazole rings is 1. The van der Waals surface area contributed by atoms with Crippen molar-refractivity contribution < 1.29 is 17.6 Å². The number of hydrogen-bond donors (Lipinski definition) is 1. The number of halogens is 1. The Morgan fingerprint density at radius 3 is 2.50 bits per heavy atom. The Hall–Kier alpha value is -1.84. The van der Waals surface area contributed by atoms with Crippen LogP contribution in [0.1, 0.15) is 38.9 Å². The second-order valence-electron chi connectivity index (χ2n) is 5.45. The number of carbonyl (C=O) groups is 1. The number of sulfonamides is 1. The van der Waals surface area contributed by atoms with E-state index in [1.807, 2.05) is 13.8 Å². The fraction of sp³-hybridized carbons (Fsp3) is 0.333. The first-order valence-corrected chi connectivity index (χ1v) is 9.42. The third kappa shape index (κ3) is 3.63. The molecule has 0 spiro atoms. The highest BCUT2D eigenvalue weighted by Crippen LogP contribution is 2.27. The molecule has 1 aromatic carbocycles. The highest BCUT2D eigenvalue weighted by atomic mass is 32.2. The lowest BCUT2D eigenvalue weighted by molar-refractivity contribution is 0.0734. The molecule has 0 aliphatic heterocycles. The van der Waals surface area contributed by atoms with Crippen molar-refractivity contribution in [3.63, 3.8) is 0 Å². The van der Waals surface area contributed by atoms with Crippen molar-refractivity contribution in [1.82, 2.24) is 9.88 Å². The van der Waals surface area contributed by atoms with Crippen LogP contribution < -0.4 is 5.14 Å². The monoisotopic (exact) mass is 371 g/mol. The molecule has 1 heterocycles.